The average Bonchev–Trinajstić information content (AvgIpc) is 3.57. The van der Waals surface area contributed by atoms with E-state index < -0.39 is 0 Å². The molecule has 4 heterocycles. The van der Waals surface area contributed by atoms with Crippen LogP contribution >= 0.6 is 0 Å². The highest BCUT2D eigenvalue weighted by Crippen LogP contribution is 2.42. The zero-order chi connectivity index (χ0) is 23.7. The van der Waals surface area contributed by atoms with Crippen LogP contribution in [0.1, 0.15) is 42.5 Å². The second-order valence-electron chi connectivity index (χ2n) is 9.40. The molecule has 1 unspecified atom stereocenters. The topological polar surface area (TPSA) is 94.6 Å². The summed E-state index contributed by atoms with van der Waals surface area (Å²) in [5.74, 6) is 0.423. The number of aromatic hydroxyl groups is 1. The quantitative estimate of drug-likeness (QED) is 0.545. The van der Waals surface area contributed by atoms with Crippen molar-refractivity contribution in [2.24, 2.45) is 0 Å². The molecule has 2 aliphatic heterocycles. The van der Waals surface area contributed by atoms with Gasteiger partial charge in [0.25, 0.3) is 0 Å². The minimum atomic E-state index is -0.00471. The van der Waals surface area contributed by atoms with Crippen molar-refractivity contribution in [2.75, 3.05) is 40.3 Å². The van der Waals surface area contributed by atoms with E-state index in [1.807, 2.05) is 48.2 Å². The fraction of sp³-hybridized carbons (Fsp3) is 0.423. The summed E-state index contributed by atoms with van der Waals surface area (Å²) in [7, 11) is 3.97. The van der Waals surface area contributed by atoms with Gasteiger partial charge in [0, 0.05) is 60.4 Å². The highest BCUT2D eigenvalue weighted by Gasteiger charge is 2.33. The molecule has 3 aromatic rings. The van der Waals surface area contributed by atoms with Crippen molar-refractivity contribution in [2.45, 2.75) is 31.3 Å². The van der Waals surface area contributed by atoms with E-state index in [0.717, 1.165) is 61.2 Å². The molecule has 2 aliphatic rings. The number of rotatable bonds is 6. The summed E-state index contributed by atoms with van der Waals surface area (Å²) in [6.45, 7) is 2.88. The van der Waals surface area contributed by atoms with Gasteiger partial charge in [-0.15, -0.1) is 10.2 Å². The number of benzene rings is 1. The van der Waals surface area contributed by atoms with E-state index in [0.29, 0.717) is 17.8 Å². The molecule has 0 radical (unpaired) electrons. The van der Waals surface area contributed by atoms with E-state index in [-0.39, 0.29) is 23.7 Å². The number of hydrogen-bond acceptors (Lipinski definition) is 6. The summed E-state index contributed by atoms with van der Waals surface area (Å²) in [4.78, 5) is 20.1. The maximum absolute atomic E-state index is 12.7. The largest absolute Gasteiger partial charge is 0.507 e. The van der Waals surface area contributed by atoms with Crippen LogP contribution in [-0.2, 0) is 9.53 Å². The first kappa shape index (κ1) is 22.6. The number of ether oxygens (including phenoxy) is 1. The predicted octanol–water partition coefficient (Wildman–Crippen LogP) is 3.62. The highest BCUT2D eigenvalue weighted by molar-refractivity contribution is 5.88. The second-order valence-corrected chi connectivity index (χ2v) is 9.40. The Morgan fingerprint density at radius 2 is 2.15 bits per heavy atom. The number of carbonyl (C=O) groups excluding carboxylic acids is 1. The molecule has 2 fully saturated rings. The Balaban J connectivity index is 1.48. The van der Waals surface area contributed by atoms with Gasteiger partial charge in [-0.3, -0.25) is 4.79 Å². The third-order valence-electron chi connectivity index (χ3n) is 6.70. The lowest BCUT2D eigenvalue weighted by Crippen LogP contribution is -2.27. The molecule has 34 heavy (non-hydrogen) atoms. The summed E-state index contributed by atoms with van der Waals surface area (Å²) in [5.41, 5.74) is 4.22. The van der Waals surface area contributed by atoms with Gasteiger partial charge in [0.1, 0.15) is 5.75 Å². The Morgan fingerprint density at radius 3 is 2.91 bits per heavy atom. The maximum Gasteiger partial charge on any atom is 0.246 e. The monoisotopic (exact) mass is 461 g/mol. The Kier molecular flexibility index (Phi) is 6.34. The molecule has 0 bridgehead atoms. The molecule has 0 aliphatic carbocycles. The van der Waals surface area contributed by atoms with Gasteiger partial charge < -0.3 is 24.6 Å². The van der Waals surface area contributed by atoms with Crippen LogP contribution in [0.3, 0.4) is 0 Å². The molecule has 5 rings (SSSR count). The van der Waals surface area contributed by atoms with Crippen molar-refractivity contribution in [1.29, 1.82) is 0 Å². The van der Waals surface area contributed by atoms with Crippen LogP contribution in [0, 0.1) is 0 Å². The fourth-order valence-corrected chi connectivity index (χ4v) is 4.99. The molecule has 0 spiro atoms. The van der Waals surface area contributed by atoms with Gasteiger partial charge in [0.05, 0.1) is 11.8 Å². The molecule has 0 saturated carbocycles. The van der Waals surface area contributed by atoms with Crippen LogP contribution in [0.4, 0.5) is 0 Å². The number of nitrogens with zero attached hydrogens (tertiary/aromatic N) is 4. The van der Waals surface area contributed by atoms with E-state index in [4.69, 9.17) is 4.74 Å². The van der Waals surface area contributed by atoms with Crippen LogP contribution in [0.5, 0.6) is 5.75 Å². The Labute approximate surface area is 199 Å². The Bertz CT molecular complexity index is 1210. The van der Waals surface area contributed by atoms with Crippen molar-refractivity contribution in [3.05, 3.63) is 53.7 Å². The first-order valence-corrected chi connectivity index (χ1v) is 11.9. The average molecular weight is 462 g/mol. The van der Waals surface area contributed by atoms with Gasteiger partial charge >= 0.3 is 0 Å². The van der Waals surface area contributed by atoms with E-state index in [1.54, 1.807) is 18.2 Å². The van der Waals surface area contributed by atoms with Gasteiger partial charge in [-0.1, -0.05) is 18.2 Å². The fourth-order valence-electron chi connectivity index (χ4n) is 4.99. The minimum absolute atomic E-state index is 0.00471. The zero-order valence-electron chi connectivity index (χ0n) is 19.7. The first-order valence-electron chi connectivity index (χ1n) is 11.9. The summed E-state index contributed by atoms with van der Waals surface area (Å²) < 4.78 is 6.11. The maximum atomic E-state index is 12.7. The lowest BCUT2D eigenvalue weighted by atomic mass is 9.95. The number of carbonyl (C=O) groups is 1. The normalized spacial score (nSPS) is 20.9. The van der Waals surface area contributed by atoms with Crippen LogP contribution in [0.25, 0.3) is 22.3 Å². The third-order valence-corrected chi connectivity index (χ3v) is 6.70. The van der Waals surface area contributed by atoms with Crippen LogP contribution in [0.15, 0.2) is 42.5 Å². The predicted molar refractivity (Wildman–Crippen MR) is 131 cm³/mol. The number of phenols is 1. The lowest BCUT2D eigenvalue weighted by molar-refractivity contribution is -0.125. The molecular weight excluding hydrogens is 430 g/mol. The van der Waals surface area contributed by atoms with E-state index in [9.17, 15) is 9.90 Å². The van der Waals surface area contributed by atoms with Gasteiger partial charge in [-0.2, -0.15) is 0 Å². The summed E-state index contributed by atoms with van der Waals surface area (Å²) in [6, 6.07) is 9.16. The zero-order valence-corrected chi connectivity index (χ0v) is 19.7. The number of para-hydroxylation sites is 1. The molecule has 1 amide bonds. The summed E-state index contributed by atoms with van der Waals surface area (Å²) in [5, 5.41) is 20.1. The molecule has 2 N–H and O–H groups in total. The van der Waals surface area contributed by atoms with Gasteiger partial charge in [-0.25, -0.2) is 0 Å². The Morgan fingerprint density at radius 1 is 1.29 bits per heavy atom. The van der Waals surface area contributed by atoms with Crippen molar-refractivity contribution < 1.29 is 14.6 Å². The molecule has 2 aromatic heterocycles. The number of phenolic OH excluding ortho intramolecular Hbond substituents is 1. The van der Waals surface area contributed by atoms with Gasteiger partial charge in [0.15, 0.2) is 5.65 Å². The number of aromatic amines is 1. The van der Waals surface area contributed by atoms with Crippen LogP contribution in [-0.4, -0.2) is 76.3 Å². The smallest absolute Gasteiger partial charge is 0.246 e. The van der Waals surface area contributed by atoms with E-state index in [1.165, 1.54) is 0 Å². The third kappa shape index (κ3) is 4.43. The number of H-pyrrole nitrogens is 1. The number of nitrogens with one attached hydrogen (secondary N) is 1. The minimum Gasteiger partial charge on any atom is -0.507 e. The molecular formula is C26H31N5O3. The number of likely N-dealkylation sites (N-methyl/N-ethyl adjacent to an activating group) is 1. The van der Waals surface area contributed by atoms with E-state index >= 15 is 0 Å². The number of hydrogen-bond donors (Lipinski definition) is 2. The van der Waals surface area contributed by atoms with E-state index in [2.05, 4.69) is 15.2 Å². The number of aromatic nitrogens is 3. The molecule has 1 aromatic carbocycles. The molecule has 2 saturated heterocycles. The van der Waals surface area contributed by atoms with Crippen molar-refractivity contribution in [3.63, 3.8) is 0 Å². The molecule has 8 heteroatoms. The lowest BCUT2D eigenvalue weighted by Gasteiger charge is -2.17. The SMILES string of the molecule is CN(C)C/C=C/C(=O)N1CC[C@@H](c2[nH]c3nnc(-c4ccccc4O)cc3c2C2CCCO2)C1. The van der Waals surface area contributed by atoms with Gasteiger partial charge in [-0.05, 0) is 51.6 Å². The van der Waals surface area contributed by atoms with Crippen molar-refractivity contribution in [1.82, 2.24) is 25.0 Å². The van der Waals surface area contributed by atoms with Crippen molar-refractivity contribution >= 4 is 16.9 Å². The summed E-state index contributed by atoms with van der Waals surface area (Å²) in [6.07, 6.45) is 6.45. The Hall–Kier alpha value is -3.23. The number of likely N-dealkylation sites (tertiary alicyclic amines) is 1. The molecule has 8 nitrogen and oxygen atoms in total. The number of fused-ring (bicyclic) bond motifs is 1. The summed E-state index contributed by atoms with van der Waals surface area (Å²) >= 11 is 0. The van der Waals surface area contributed by atoms with Crippen LogP contribution < -0.4 is 0 Å². The number of amides is 1. The highest BCUT2D eigenvalue weighted by atomic mass is 16.5. The second kappa shape index (κ2) is 9.56. The van der Waals surface area contributed by atoms with Crippen molar-refractivity contribution in [3.8, 4) is 17.0 Å². The van der Waals surface area contributed by atoms with Crippen LogP contribution in [0.2, 0.25) is 0 Å². The standard InChI is InChI=1S/C26H31N5O3/c1-30(2)12-5-10-23(33)31-13-11-17(16-31)25-24(22-9-6-14-34-22)19-15-20(28-29-26(19)27-25)18-7-3-4-8-21(18)32/h3-5,7-8,10,15,17,22,32H,6,9,11-14,16H2,1-2H3,(H,27,29)/b10-5+/t17-,22?/m1/s1. The molecule has 2 atom stereocenters. The molecule has 178 valence electrons. The van der Waals surface area contributed by atoms with Gasteiger partial charge in [0.2, 0.25) is 5.91 Å². The first-order chi connectivity index (χ1) is 16.5.